The van der Waals surface area contributed by atoms with Crippen LogP contribution < -0.4 is 5.32 Å². The molecule has 0 amide bonds. The quantitative estimate of drug-likeness (QED) is 0.583. The highest BCUT2D eigenvalue weighted by Crippen LogP contribution is 2.25. The largest absolute Gasteiger partial charge is 0.385 e. The van der Waals surface area contributed by atoms with Crippen molar-refractivity contribution in [2.45, 2.75) is 24.9 Å². The van der Waals surface area contributed by atoms with Crippen molar-refractivity contribution < 1.29 is 4.74 Å². The molecule has 0 atom stereocenters. The highest BCUT2D eigenvalue weighted by atomic mass is 32.2. The third-order valence-electron chi connectivity index (χ3n) is 2.37. The lowest BCUT2D eigenvalue weighted by molar-refractivity contribution is 0.200. The molecule has 92 valence electrons. The molecular formula is C11H21N3OS. The van der Waals surface area contributed by atoms with Gasteiger partial charge in [-0.3, -0.25) is 4.68 Å². The molecule has 0 unspecified atom stereocenters. The van der Waals surface area contributed by atoms with Gasteiger partial charge in [-0.2, -0.15) is 5.10 Å². The Hall–Kier alpha value is -0.520. The first-order valence-corrected chi connectivity index (χ1v) is 6.48. The van der Waals surface area contributed by atoms with Gasteiger partial charge in [0.2, 0.25) is 0 Å². The van der Waals surface area contributed by atoms with Gasteiger partial charge in [0.1, 0.15) is 0 Å². The number of ether oxygens (including phenoxy) is 1. The van der Waals surface area contributed by atoms with Crippen LogP contribution in [-0.4, -0.2) is 36.3 Å². The monoisotopic (exact) mass is 243 g/mol. The van der Waals surface area contributed by atoms with Crippen LogP contribution in [0.4, 0.5) is 0 Å². The fraction of sp³-hybridized carbons (Fsp3) is 0.727. The van der Waals surface area contributed by atoms with Gasteiger partial charge in [-0.25, -0.2) is 0 Å². The van der Waals surface area contributed by atoms with E-state index in [1.165, 1.54) is 10.6 Å². The van der Waals surface area contributed by atoms with Gasteiger partial charge in [0.15, 0.2) is 0 Å². The maximum atomic E-state index is 5.04. The summed E-state index contributed by atoms with van der Waals surface area (Å²) >= 11 is 1.85. The third-order valence-corrected chi connectivity index (χ3v) is 3.65. The standard InChI is InChI=1S/C11H21N3OS/c1-9-10(8-12-2)11(14(3)13-9)16-7-5-6-15-4/h12H,5-8H2,1-4H3. The number of rotatable bonds is 7. The van der Waals surface area contributed by atoms with E-state index in [4.69, 9.17) is 4.74 Å². The van der Waals surface area contributed by atoms with Crippen LogP contribution >= 0.6 is 11.8 Å². The van der Waals surface area contributed by atoms with Gasteiger partial charge in [-0.1, -0.05) is 0 Å². The molecule has 1 heterocycles. The second-order valence-electron chi connectivity index (χ2n) is 3.72. The number of hydrogen-bond donors (Lipinski definition) is 1. The zero-order chi connectivity index (χ0) is 12.0. The van der Waals surface area contributed by atoms with Gasteiger partial charge in [0, 0.05) is 38.6 Å². The van der Waals surface area contributed by atoms with E-state index in [1.54, 1.807) is 7.11 Å². The number of hydrogen-bond acceptors (Lipinski definition) is 4. The molecule has 0 saturated carbocycles. The molecule has 0 aliphatic carbocycles. The lowest BCUT2D eigenvalue weighted by atomic mass is 10.3. The molecule has 0 bridgehead atoms. The number of thioether (sulfide) groups is 1. The highest BCUT2D eigenvalue weighted by molar-refractivity contribution is 7.99. The van der Waals surface area contributed by atoms with E-state index in [0.29, 0.717) is 0 Å². The number of nitrogens with zero attached hydrogens (tertiary/aromatic N) is 2. The average molecular weight is 243 g/mol. The number of nitrogens with one attached hydrogen (secondary N) is 1. The van der Waals surface area contributed by atoms with Gasteiger partial charge < -0.3 is 10.1 Å². The summed E-state index contributed by atoms with van der Waals surface area (Å²) < 4.78 is 7.02. The van der Waals surface area contributed by atoms with E-state index < -0.39 is 0 Å². The van der Waals surface area contributed by atoms with Gasteiger partial charge >= 0.3 is 0 Å². The Morgan fingerprint density at radius 3 is 2.88 bits per heavy atom. The van der Waals surface area contributed by atoms with Crippen molar-refractivity contribution in [2.75, 3.05) is 26.5 Å². The van der Waals surface area contributed by atoms with Crippen molar-refractivity contribution in [3.63, 3.8) is 0 Å². The van der Waals surface area contributed by atoms with Crippen LogP contribution in [0.2, 0.25) is 0 Å². The summed E-state index contributed by atoms with van der Waals surface area (Å²) in [6, 6.07) is 0. The summed E-state index contributed by atoms with van der Waals surface area (Å²) in [4.78, 5) is 0. The zero-order valence-electron chi connectivity index (χ0n) is 10.5. The van der Waals surface area contributed by atoms with E-state index in [9.17, 15) is 0 Å². The first kappa shape index (κ1) is 13.5. The molecule has 0 aliphatic rings. The van der Waals surface area contributed by atoms with Crippen molar-refractivity contribution >= 4 is 11.8 Å². The van der Waals surface area contributed by atoms with Crippen LogP contribution in [0, 0.1) is 6.92 Å². The fourth-order valence-corrected chi connectivity index (χ4v) is 2.69. The van der Waals surface area contributed by atoms with Crippen LogP contribution in [0.1, 0.15) is 17.7 Å². The van der Waals surface area contributed by atoms with Gasteiger partial charge in [-0.15, -0.1) is 11.8 Å². The second kappa shape index (κ2) is 6.93. The first-order valence-electron chi connectivity index (χ1n) is 5.49. The normalized spacial score (nSPS) is 11.0. The Labute approximate surface area is 102 Å². The summed E-state index contributed by atoms with van der Waals surface area (Å²) in [7, 11) is 5.71. The van der Waals surface area contributed by atoms with Crippen LogP contribution in [-0.2, 0) is 18.3 Å². The van der Waals surface area contributed by atoms with Crippen molar-refractivity contribution in [1.82, 2.24) is 15.1 Å². The van der Waals surface area contributed by atoms with Gasteiger partial charge in [-0.05, 0) is 20.4 Å². The number of aryl methyl sites for hydroxylation is 2. The topological polar surface area (TPSA) is 39.1 Å². The van der Waals surface area contributed by atoms with Gasteiger partial charge in [0.25, 0.3) is 0 Å². The van der Waals surface area contributed by atoms with E-state index >= 15 is 0 Å². The summed E-state index contributed by atoms with van der Waals surface area (Å²) in [5.74, 6) is 1.07. The fourth-order valence-electron chi connectivity index (χ4n) is 1.61. The van der Waals surface area contributed by atoms with E-state index in [1.807, 2.05) is 30.5 Å². The van der Waals surface area contributed by atoms with Crippen LogP contribution in [0.25, 0.3) is 0 Å². The zero-order valence-corrected chi connectivity index (χ0v) is 11.4. The number of methoxy groups -OCH3 is 1. The molecule has 16 heavy (non-hydrogen) atoms. The molecule has 0 fully saturated rings. The smallest absolute Gasteiger partial charge is 0.0984 e. The minimum absolute atomic E-state index is 0.825. The predicted octanol–water partition coefficient (Wildman–Crippen LogP) is 1.58. The predicted molar refractivity (Wildman–Crippen MR) is 67.9 cm³/mol. The number of aromatic nitrogens is 2. The Balaban J connectivity index is 2.62. The van der Waals surface area contributed by atoms with Crippen LogP contribution in [0.3, 0.4) is 0 Å². The van der Waals surface area contributed by atoms with Crippen molar-refractivity contribution in [3.05, 3.63) is 11.3 Å². The molecule has 0 aromatic carbocycles. The molecule has 1 aromatic heterocycles. The minimum atomic E-state index is 0.825. The van der Waals surface area contributed by atoms with E-state index in [0.717, 1.165) is 31.0 Å². The Bertz CT molecular complexity index is 325. The van der Waals surface area contributed by atoms with Crippen molar-refractivity contribution in [1.29, 1.82) is 0 Å². The molecule has 0 saturated heterocycles. The second-order valence-corrected chi connectivity index (χ2v) is 4.80. The molecule has 5 heteroatoms. The van der Waals surface area contributed by atoms with Crippen LogP contribution in [0.5, 0.6) is 0 Å². The van der Waals surface area contributed by atoms with E-state index in [2.05, 4.69) is 17.3 Å². The first-order chi connectivity index (χ1) is 7.70. The third kappa shape index (κ3) is 3.50. The molecule has 1 aromatic rings. The molecule has 0 spiro atoms. The highest BCUT2D eigenvalue weighted by Gasteiger charge is 2.12. The Kier molecular flexibility index (Phi) is 5.87. The SMILES string of the molecule is CNCc1c(C)nn(C)c1SCCCOC. The average Bonchev–Trinajstić information content (AvgIpc) is 2.51. The molecule has 1 N–H and O–H groups in total. The maximum absolute atomic E-state index is 5.04. The lowest BCUT2D eigenvalue weighted by Crippen LogP contribution is -2.07. The summed E-state index contributed by atoms with van der Waals surface area (Å²) in [5, 5.41) is 8.91. The Morgan fingerprint density at radius 2 is 2.25 bits per heavy atom. The van der Waals surface area contributed by atoms with Crippen LogP contribution in [0.15, 0.2) is 5.03 Å². The van der Waals surface area contributed by atoms with Gasteiger partial charge in [0.05, 0.1) is 10.7 Å². The summed E-state index contributed by atoms with van der Waals surface area (Å²) in [6.07, 6.45) is 1.07. The Morgan fingerprint density at radius 1 is 1.50 bits per heavy atom. The van der Waals surface area contributed by atoms with Crippen molar-refractivity contribution in [3.8, 4) is 0 Å². The molecule has 4 nitrogen and oxygen atoms in total. The van der Waals surface area contributed by atoms with E-state index in [-0.39, 0.29) is 0 Å². The summed E-state index contributed by atoms with van der Waals surface area (Å²) in [5.41, 5.74) is 2.43. The molecule has 0 radical (unpaired) electrons. The summed E-state index contributed by atoms with van der Waals surface area (Å²) in [6.45, 7) is 3.77. The lowest BCUT2D eigenvalue weighted by Gasteiger charge is -2.05. The molecule has 0 aliphatic heterocycles. The maximum Gasteiger partial charge on any atom is 0.0984 e. The van der Waals surface area contributed by atoms with Crippen molar-refractivity contribution in [2.24, 2.45) is 7.05 Å². The molecular weight excluding hydrogens is 222 g/mol. The minimum Gasteiger partial charge on any atom is -0.385 e. The molecule has 1 rings (SSSR count).